The molecule has 3 amide bonds. The average Bonchev–Trinajstić information content (AvgIpc) is 3.34. The minimum absolute atomic E-state index is 0.102. The standard InChI is InChI=1S/C21H23BrIN7O3/c1-2-11-8-12-14(9-25-11)29(28-19(12)20(24)32)10-18(31)30-13(6-7-16(30)23)21(33)27-17-5-3-4-15(22)26-17/h3-4,8-9,13,16-17H,2,5-7,10H2,1H3,(H2,24,32)(H,27,33)/t13-,16-,17?/m0/s1. The van der Waals surface area contributed by atoms with E-state index in [0.29, 0.717) is 41.2 Å². The summed E-state index contributed by atoms with van der Waals surface area (Å²) in [6.07, 6.45) is 7.55. The van der Waals surface area contributed by atoms with Crippen molar-refractivity contribution >= 4 is 71.8 Å². The molecule has 2 aliphatic rings. The fourth-order valence-corrected chi connectivity index (χ4v) is 5.56. The smallest absolute Gasteiger partial charge is 0.269 e. The number of allylic oxidation sites excluding steroid dienone is 1. The van der Waals surface area contributed by atoms with Gasteiger partial charge in [-0.2, -0.15) is 5.10 Å². The first-order valence-electron chi connectivity index (χ1n) is 10.6. The van der Waals surface area contributed by atoms with Crippen LogP contribution >= 0.6 is 38.5 Å². The van der Waals surface area contributed by atoms with Crippen LogP contribution in [0.2, 0.25) is 0 Å². The number of carbonyl (C=O) groups excluding carboxylic acids is 3. The Morgan fingerprint density at radius 2 is 2.12 bits per heavy atom. The van der Waals surface area contributed by atoms with Crippen LogP contribution in [-0.2, 0) is 22.6 Å². The lowest BCUT2D eigenvalue weighted by molar-refractivity contribution is -0.139. The molecule has 3 N–H and O–H groups in total. The summed E-state index contributed by atoms with van der Waals surface area (Å²) in [7, 11) is 0. The number of pyridine rings is 1. The van der Waals surface area contributed by atoms with Crippen molar-refractivity contribution in [2.75, 3.05) is 0 Å². The summed E-state index contributed by atoms with van der Waals surface area (Å²) in [4.78, 5) is 48.6. The maximum atomic E-state index is 13.3. The van der Waals surface area contributed by atoms with Crippen molar-refractivity contribution in [2.24, 2.45) is 10.7 Å². The molecule has 174 valence electrons. The SMILES string of the molecule is CCc1cc2c(C(N)=O)nn(CC(=O)N3[C@H](I)CC[C@H]3C(=O)NC3CC=CC(Br)=N3)c2cn1. The van der Waals surface area contributed by atoms with Crippen LogP contribution in [0.15, 0.2) is 29.4 Å². The quantitative estimate of drug-likeness (QED) is 0.287. The Balaban J connectivity index is 1.55. The van der Waals surface area contributed by atoms with E-state index in [2.05, 4.69) is 58.9 Å². The minimum Gasteiger partial charge on any atom is -0.364 e. The van der Waals surface area contributed by atoms with E-state index < -0.39 is 11.9 Å². The third-order valence-corrected chi connectivity index (χ3v) is 7.38. The number of nitrogens with zero attached hydrogens (tertiary/aromatic N) is 5. The number of halogens is 2. The van der Waals surface area contributed by atoms with E-state index in [4.69, 9.17) is 5.73 Å². The van der Waals surface area contributed by atoms with Gasteiger partial charge in [0.2, 0.25) is 11.8 Å². The molecule has 4 heterocycles. The van der Waals surface area contributed by atoms with E-state index in [-0.39, 0.29) is 34.3 Å². The van der Waals surface area contributed by atoms with Gasteiger partial charge in [-0.25, -0.2) is 0 Å². The van der Waals surface area contributed by atoms with Gasteiger partial charge in [0.15, 0.2) is 5.69 Å². The van der Waals surface area contributed by atoms with E-state index >= 15 is 0 Å². The molecule has 0 saturated carbocycles. The second-order valence-corrected chi connectivity index (χ2v) is 10.1. The molecule has 0 spiro atoms. The summed E-state index contributed by atoms with van der Waals surface area (Å²) in [5, 5.41) is 7.78. The van der Waals surface area contributed by atoms with Gasteiger partial charge in [-0.3, -0.25) is 29.0 Å². The Bertz CT molecular complexity index is 1180. The van der Waals surface area contributed by atoms with Crippen molar-refractivity contribution in [2.45, 2.75) is 55.4 Å². The molecule has 12 heteroatoms. The van der Waals surface area contributed by atoms with Gasteiger partial charge in [-0.15, -0.1) is 0 Å². The van der Waals surface area contributed by atoms with Crippen LogP contribution in [-0.4, -0.2) is 58.3 Å². The highest BCUT2D eigenvalue weighted by molar-refractivity contribution is 14.1. The van der Waals surface area contributed by atoms with Crippen LogP contribution < -0.4 is 11.1 Å². The molecule has 1 fully saturated rings. The van der Waals surface area contributed by atoms with Gasteiger partial charge in [-0.1, -0.05) is 35.6 Å². The number of carbonyl (C=O) groups is 3. The Labute approximate surface area is 212 Å². The maximum absolute atomic E-state index is 13.3. The second-order valence-electron chi connectivity index (χ2n) is 7.86. The molecule has 2 aromatic rings. The van der Waals surface area contributed by atoms with Gasteiger partial charge in [0, 0.05) is 17.5 Å². The molecule has 10 nitrogen and oxygen atoms in total. The highest BCUT2D eigenvalue weighted by Gasteiger charge is 2.40. The number of aliphatic imine (C=N–C) groups is 1. The first kappa shape index (κ1) is 23.8. The highest BCUT2D eigenvalue weighted by Crippen LogP contribution is 2.30. The largest absolute Gasteiger partial charge is 0.364 e. The number of nitrogens with two attached hydrogens (primary N) is 1. The lowest BCUT2D eigenvalue weighted by atomic mass is 10.2. The normalized spacial score (nSPS) is 22.5. The van der Waals surface area contributed by atoms with Gasteiger partial charge < -0.3 is 16.0 Å². The molecular weight excluding hydrogens is 605 g/mol. The maximum Gasteiger partial charge on any atom is 0.269 e. The zero-order valence-electron chi connectivity index (χ0n) is 17.9. The molecule has 0 aromatic carbocycles. The Hall–Kier alpha value is -2.35. The first-order valence-corrected chi connectivity index (χ1v) is 12.6. The topological polar surface area (TPSA) is 136 Å². The van der Waals surface area contributed by atoms with Crippen molar-refractivity contribution in [3.05, 3.63) is 35.8 Å². The molecule has 1 unspecified atom stereocenters. The Morgan fingerprint density at radius 1 is 1.33 bits per heavy atom. The average molecular weight is 628 g/mol. The van der Waals surface area contributed by atoms with E-state index in [9.17, 15) is 14.4 Å². The predicted octanol–water partition coefficient (Wildman–Crippen LogP) is 2.04. The molecule has 0 radical (unpaired) electrons. The highest BCUT2D eigenvalue weighted by atomic mass is 127. The van der Waals surface area contributed by atoms with Gasteiger partial charge in [0.1, 0.15) is 23.4 Å². The van der Waals surface area contributed by atoms with Crippen LogP contribution in [0.1, 0.15) is 42.4 Å². The Kier molecular flexibility index (Phi) is 7.12. The number of aryl methyl sites for hydroxylation is 1. The molecule has 2 aliphatic heterocycles. The zero-order valence-corrected chi connectivity index (χ0v) is 21.6. The number of primary amides is 1. The van der Waals surface area contributed by atoms with Gasteiger partial charge >= 0.3 is 0 Å². The van der Waals surface area contributed by atoms with Crippen LogP contribution in [0, 0.1) is 0 Å². The minimum atomic E-state index is -0.669. The van der Waals surface area contributed by atoms with Crippen LogP contribution in [0.5, 0.6) is 0 Å². The number of amides is 3. The van der Waals surface area contributed by atoms with E-state index in [1.54, 1.807) is 17.2 Å². The van der Waals surface area contributed by atoms with E-state index in [1.807, 2.05) is 19.1 Å². The monoisotopic (exact) mass is 627 g/mol. The predicted molar refractivity (Wildman–Crippen MR) is 135 cm³/mol. The molecule has 3 atom stereocenters. The van der Waals surface area contributed by atoms with Gasteiger partial charge in [0.25, 0.3) is 5.91 Å². The van der Waals surface area contributed by atoms with E-state index in [1.165, 1.54) is 4.68 Å². The lowest BCUT2D eigenvalue weighted by Gasteiger charge is -2.28. The van der Waals surface area contributed by atoms with Crippen molar-refractivity contribution in [3.8, 4) is 0 Å². The summed E-state index contributed by atoms with van der Waals surface area (Å²) < 4.78 is 1.98. The van der Waals surface area contributed by atoms with Crippen LogP contribution in [0.3, 0.4) is 0 Å². The van der Waals surface area contributed by atoms with Crippen LogP contribution in [0.4, 0.5) is 0 Å². The number of hydrogen-bond acceptors (Lipinski definition) is 6. The molecule has 4 rings (SSSR count). The second kappa shape index (κ2) is 9.87. The zero-order chi connectivity index (χ0) is 23.7. The Morgan fingerprint density at radius 3 is 2.82 bits per heavy atom. The molecular formula is C21H23BrIN7O3. The third-order valence-electron chi connectivity index (χ3n) is 5.68. The summed E-state index contributed by atoms with van der Waals surface area (Å²) in [6, 6.07) is 1.18. The number of aromatic nitrogens is 3. The molecule has 1 saturated heterocycles. The lowest BCUT2D eigenvalue weighted by Crippen LogP contribution is -2.50. The molecule has 2 aromatic heterocycles. The third kappa shape index (κ3) is 4.95. The number of dihydropyridines is 1. The number of likely N-dealkylation sites (tertiary alicyclic amines) is 1. The fraction of sp³-hybridized carbons (Fsp3) is 0.429. The molecule has 33 heavy (non-hydrogen) atoms. The number of nitrogens with one attached hydrogen (secondary N) is 1. The summed E-state index contributed by atoms with van der Waals surface area (Å²) >= 11 is 5.50. The molecule has 0 aliphatic carbocycles. The van der Waals surface area contributed by atoms with Crippen molar-refractivity contribution in [1.29, 1.82) is 0 Å². The number of fused-ring (bicyclic) bond motifs is 1. The summed E-state index contributed by atoms with van der Waals surface area (Å²) in [5.74, 6) is -1.16. The number of rotatable bonds is 6. The molecule has 0 bridgehead atoms. The first-order chi connectivity index (χ1) is 15.8. The van der Waals surface area contributed by atoms with Crippen molar-refractivity contribution in [1.82, 2.24) is 25.0 Å². The number of hydrogen-bond donors (Lipinski definition) is 2. The fourth-order valence-electron chi connectivity index (χ4n) is 4.07. The van der Waals surface area contributed by atoms with Gasteiger partial charge in [0.05, 0.1) is 15.8 Å². The van der Waals surface area contributed by atoms with Gasteiger partial charge in [-0.05, 0) is 47.3 Å². The number of alkyl halides is 1. The summed E-state index contributed by atoms with van der Waals surface area (Å²) in [5.41, 5.74) is 6.97. The van der Waals surface area contributed by atoms with Crippen molar-refractivity contribution < 1.29 is 14.4 Å². The van der Waals surface area contributed by atoms with E-state index in [0.717, 1.165) is 5.69 Å². The van der Waals surface area contributed by atoms with Crippen molar-refractivity contribution in [3.63, 3.8) is 0 Å². The summed E-state index contributed by atoms with van der Waals surface area (Å²) in [6.45, 7) is 1.83. The van der Waals surface area contributed by atoms with Crippen LogP contribution in [0.25, 0.3) is 10.9 Å².